The first-order valence-electron chi connectivity index (χ1n) is 15.4. The maximum atomic E-state index is 11.1. The summed E-state index contributed by atoms with van der Waals surface area (Å²) in [6.45, 7) is 2.63. The molecule has 0 saturated carbocycles. The molecule has 1 aromatic carbocycles. The number of benzene rings is 1. The van der Waals surface area contributed by atoms with Crippen molar-refractivity contribution in [1.82, 2.24) is 30.1 Å². The van der Waals surface area contributed by atoms with E-state index >= 15 is 0 Å². The number of rotatable bonds is 19. The SMILES string of the molecule is O=C(O)CCCOc1cc(CN(Cc2ccccn2)OCc2ccccn2)cc(CN(Cc2ccccn2)OCc2ccccn2)c1. The normalized spacial score (nSPS) is 11.2. The van der Waals surface area contributed by atoms with E-state index in [0.717, 1.165) is 33.9 Å². The Hall–Kier alpha value is -5.07. The number of aliphatic carboxylic acids is 1. The third kappa shape index (κ3) is 12.0. The summed E-state index contributed by atoms with van der Waals surface area (Å²) in [5.74, 6) is -0.221. The van der Waals surface area contributed by atoms with Crippen LogP contribution in [0, 0.1) is 0 Å². The number of aromatic nitrogens is 4. The van der Waals surface area contributed by atoms with Crippen LogP contribution in [0.2, 0.25) is 0 Å². The molecule has 5 aromatic rings. The number of carboxylic acid groups (broad SMARTS) is 1. The van der Waals surface area contributed by atoms with Gasteiger partial charge in [0, 0.05) is 44.3 Å². The molecule has 47 heavy (non-hydrogen) atoms. The van der Waals surface area contributed by atoms with Crippen LogP contribution < -0.4 is 4.74 Å². The fraction of sp³-hybridized carbons (Fsp3) is 0.250. The average Bonchev–Trinajstić information content (AvgIpc) is 3.10. The van der Waals surface area contributed by atoms with Crippen molar-refractivity contribution in [2.75, 3.05) is 6.61 Å². The maximum absolute atomic E-state index is 11.1. The minimum absolute atomic E-state index is 0.0327. The zero-order chi connectivity index (χ0) is 32.5. The Morgan fingerprint density at radius 2 is 1.04 bits per heavy atom. The summed E-state index contributed by atoms with van der Waals surface area (Å²) in [5, 5.41) is 12.8. The van der Waals surface area contributed by atoms with Gasteiger partial charge in [-0.25, -0.2) is 0 Å². The Bertz CT molecular complexity index is 1520. The molecule has 0 radical (unpaired) electrons. The van der Waals surface area contributed by atoms with Crippen LogP contribution >= 0.6 is 0 Å². The van der Waals surface area contributed by atoms with E-state index in [1.165, 1.54) is 0 Å². The molecule has 0 spiro atoms. The molecule has 0 fully saturated rings. The van der Waals surface area contributed by atoms with E-state index in [1.807, 2.05) is 95.1 Å². The number of carbonyl (C=O) groups is 1. The lowest BCUT2D eigenvalue weighted by Gasteiger charge is -2.24. The van der Waals surface area contributed by atoms with Gasteiger partial charge in [0.25, 0.3) is 0 Å². The summed E-state index contributed by atoms with van der Waals surface area (Å²) in [5.41, 5.74) is 5.22. The molecule has 11 nitrogen and oxygen atoms in total. The van der Waals surface area contributed by atoms with Gasteiger partial charge in [0.1, 0.15) is 19.0 Å². The van der Waals surface area contributed by atoms with Crippen molar-refractivity contribution in [1.29, 1.82) is 0 Å². The standard InChI is InChI=1S/C36H38N6O5/c43-36(44)14-9-19-45-35-21-29(23-41(25-31-10-1-5-15-37-31)46-27-33-12-3-7-17-39-33)20-30(22-35)24-42(26-32-11-2-6-16-38-32)47-28-34-13-4-8-18-40-34/h1-8,10-13,15-18,20-22H,9,14,19,23-28H2,(H,43,44). The highest BCUT2D eigenvalue weighted by atomic mass is 16.7. The number of pyridine rings is 4. The highest BCUT2D eigenvalue weighted by Gasteiger charge is 2.15. The summed E-state index contributed by atoms with van der Waals surface area (Å²) in [6, 6.07) is 29.0. The Balaban J connectivity index is 1.38. The van der Waals surface area contributed by atoms with Crippen molar-refractivity contribution in [2.24, 2.45) is 0 Å². The largest absolute Gasteiger partial charge is 0.494 e. The number of nitrogens with zero attached hydrogens (tertiary/aromatic N) is 6. The van der Waals surface area contributed by atoms with Crippen molar-refractivity contribution in [3.05, 3.63) is 150 Å². The smallest absolute Gasteiger partial charge is 0.303 e. The second-order valence-corrected chi connectivity index (χ2v) is 10.8. The van der Waals surface area contributed by atoms with Gasteiger partial charge in [-0.2, -0.15) is 10.1 Å². The first kappa shape index (κ1) is 33.3. The summed E-state index contributed by atoms with van der Waals surface area (Å²) >= 11 is 0. The molecule has 0 atom stereocenters. The lowest BCUT2D eigenvalue weighted by atomic mass is 10.1. The van der Waals surface area contributed by atoms with Crippen LogP contribution in [-0.2, 0) is 53.9 Å². The molecule has 0 aliphatic carbocycles. The van der Waals surface area contributed by atoms with Crippen LogP contribution in [0.15, 0.2) is 116 Å². The minimum Gasteiger partial charge on any atom is -0.494 e. The fourth-order valence-corrected chi connectivity index (χ4v) is 4.74. The Morgan fingerprint density at radius 1 is 0.596 bits per heavy atom. The van der Waals surface area contributed by atoms with Gasteiger partial charge in [0.15, 0.2) is 0 Å². The van der Waals surface area contributed by atoms with Gasteiger partial charge >= 0.3 is 5.97 Å². The van der Waals surface area contributed by atoms with E-state index in [4.69, 9.17) is 19.5 Å². The zero-order valence-electron chi connectivity index (χ0n) is 26.1. The first-order valence-corrected chi connectivity index (χ1v) is 15.4. The van der Waals surface area contributed by atoms with Crippen LogP contribution in [-0.4, -0.2) is 47.7 Å². The highest BCUT2D eigenvalue weighted by Crippen LogP contribution is 2.23. The van der Waals surface area contributed by atoms with Gasteiger partial charge in [-0.15, -0.1) is 0 Å². The number of hydroxylamine groups is 4. The molecule has 11 heteroatoms. The number of hydrogen-bond acceptors (Lipinski definition) is 10. The van der Waals surface area contributed by atoms with Crippen molar-refractivity contribution in [3.8, 4) is 5.75 Å². The molecule has 1 N–H and O–H groups in total. The van der Waals surface area contributed by atoms with E-state index in [2.05, 4.69) is 26.0 Å². The van der Waals surface area contributed by atoms with Crippen LogP contribution in [0.5, 0.6) is 5.75 Å². The quantitative estimate of drug-likeness (QED) is 0.0879. The van der Waals surface area contributed by atoms with Gasteiger partial charge in [0.05, 0.1) is 42.5 Å². The average molecular weight is 635 g/mol. The number of carboxylic acids is 1. The van der Waals surface area contributed by atoms with E-state index in [-0.39, 0.29) is 13.0 Å². The summed E-state index contributed by atoms with van der Waals surface area (Å²) in [7, 11) is 0. The molecule has 0 bridgehead atoms. The van der Waals surface area contributed by atoms with Crippen LogP contribution in [0.4, 0.5) is 0 Å². The van der Waals surface area contributed by atoms with Crippen molar-refractivity contribution < 1.29 is 24.3 Å². The van der Waals surface area contributed by atoms with Gasteiger partial charge in [-0.05, 0) is 78.2 Å². The minimum atomic E-state index is -0.853. The molecule has 4 aromatic heterocycles. The molecule has 0 saturated heterocycles. The van der Waals surface area contributed by atoms with E-state index in [0.29, 0.717) is 51.6 Å². The Labute approximate surface area is 274 Å². The van der Waals surface area contributed by atoms with Gasteiger partial charge in [0.2, 0.25) is 0 Å². The van der Waals surface area contributed by atoms with Crippen molar-refractivity contribution in [2.45, 2.75) is 52.2 Å². The summed E-state index contributed by atoms with van der Waals surface area (Å²) in [4.78, 5) is 41.4. The molecule has 5 rings (SSSR count). The molecule has 4 heterocycles. The van der Waals surface area contributed by atoms with E-state index in [1.54, 1.807) is 24.8 Å². The van der Waals surface area contributed by atoms with Gasteiger partial charge in [-0.3, -0.25) is 34.4 Å². The van der Waals surface area contributed by atoms with Crippen molar-refractivity contribution in [3.63, 3.8) is 0 Å². The van der Waals surface area contributed by atoms with Crippen LogP contribution in [0.1, 0.15) is 46.7 Å². The predicted molar refractivity (Wildman–Crippen MR) is 174 cm³/mol. The molecule has 0 unspecified atom stereocenters. The molecule has 0 amide bonds. The van der Waals surface area contributed by atoms with Gasteiger partial charge < -0.3 is 9.84 Å². The molecule has 0 aliphatic heterocycles. The first-order chi connectivity index (χ1) is 23.1. The van der Waals surface area contributed by atoms with Gasteiger partial charge in [-0.1, -0.05) is 30.3 Å². The second-order valence-electron chi connectivity index (χ2n) is 10.8. The Morgan fingerprint density at radius 3 is 1.45 bits per heavy atom. The molecule has 0 aliphatic rings. The number of ether oxygens (including phenoxy) is 1. The van der Waals surface area contributed by atoms with Crippen LogP contribution in [0.3, 0.4) is 0 Å². The summed E-state index contributed by atoms with van der Waals surface area (Å²) < 4.78 is 6.07. The Kier molecular flexibility index (Phi) is 12.9. The third-order valence-electron chi connectivity index (χ3n) is 6.92. The van der Waals surface area contributed by atoms with Crippen LogP contribution in [0.25, 0.3) is 0 Å². The van der Waals surface area contributed by atoms with Crippen molar-refractivity contribution >= 4 is 5.97 Å². The molecular weight excluding hydrogens is 596 g/mol. The third-order valence-corrected chi connectivity index (χ3v) is 6.92. The predicted octanol–water partition coefficient (Wildman–Crippen LogP) is 5.78. The number of hydrogen-bond donors (Lipinski definition) is 1. The maximum Gasteiger partial charge on any atom is 0.303 e. The monoisotopic (exact) mass is 634 g/mol. The molecule has 242 valence electrons. The van der Waals surface area contributed by atoms with E-state index in [9.17, 15) is 4.79 Å². The summed E-state index contributed by atoms with van der Waals surface area (Å²) in [6.07, 6.45) is 7.43. The van der Waals surface area contributed by atoms with E-state index < -0.39 is 5.97 Å². The fourth-order valence-electron chi connectivity index (χ4n) is 4.74. The lowest BCUT2D eigenvalue weighted by Crippen LogP contribution is -2.25. The lowest BCUT2D eigenvalue weighted by molar-refractivity contribution is -0.186. The molecular formula is C36H38N6O5. The second kappa shape index (κ2) is 18.2. The zero-order valence-corrected chi connectivity index (χ0v) is 26.1. The highest BCUT2D eigenvalue weighted by molar-refractivity contribution is 5.66. The topological polar surface area (TPSA) is 123 Å².